The summed E-state index contributed by atoms with van der Waals surface area (Å²) < 4.78 is 2.33. The highest BCUT2D eigenvalue weighted by Crippen LogP contribution is 2.28. The number of carbonyl (C=O) groups is 2. The van der Waals surface area contributed by atoms with Crippen LogP contribution in [0.1, 0.15) is 29.3 Å². The van der Waals surface area contributed by atoms with Crippen molar-refractivity contribution in [1.29, 1.82) is 0 Å². The number of fused-ring (bicyclic) bond motifs is 1. The van der Waals surface area contributed by atoms with E-state index in [2.05, 4.69) is 31.7 Å². The third-order valence-electron chi connectivity index (χ3n) is 3.72. The molecular weight excluding hydrogens is 360 g/mol. The van der Waals surface area contributed by atoms with E-state index in [1.165, 1.54) is 0 Å². The van der Waals surface area contributed by atoms with Gasteiger partial charge in [-0.15, -0.1) is 0 Å². The lowest BCUT2D eigenvalue weighted by Crippen LogP contribution is -2.20. The van der Waals surface area contributed by atoms with E-state index in [1.54, 1.807) is 30.1 Å². The van der Waals surface area contributed by atoms with Gasteiger partial charge in [-0.3, -0.25) is 14.3 Å². The lowest BCUT2D eigenvalue weighted by atomic mass is 10.0. The van der Waals surface area contributed by atoms with Crippen molar-refractivity contribution in [3.8, 4) is 0 Å². The van der Waals surface area contributed by atoms with Crippen LogP contribution in [-0.2, 0) is 18.3 Å². The van der Waals surface area contributed by atoms with E-state index in [4.69, 9.17) is 0 Å². The van der Waals surface area contributed by atoms with Crippen LogP contribution in [0, 0.1) is 0 Å². The smallest absolute Gasteiger partial charge is 0.259 e. The molecule has 2 aromatic rings. The molecule has 2 heterocycles. The minimum absolute atomic E-state index is 0.000661. The van der Waals surface area contributed by atoms with Gasteiger partial charge in [0.05, 0.1) is 15.7 Å². The minimum Gasteiger partial charge on any atom is -0.381 e. The Balaban J connectivity index is 1.94. The number of amides is 1. The lowest BCUT2D eigenvalue weighted by Gasteiger charge is -2.16. The van der Waals surface area contributed by atoms with Crippen molar-refractivity contribution in [3.63, 3.8) is 0 Å². The number of nitrogens with one attached hydrogen (secondary N) is 2. The first-order valence-corrected chi connectivity index (χ1v) is 8.14. The van der Waals surface area contributed by atoms with E-state index in [-0.39, 0.29) is 17.7 Å². The summed E-state index contributed by atoms with van der Waals surface area (Å²) in [6.45, 7) is 1.94. The van der Waals surface area contributed by atoms with E-state index < -0.39 is 0 Å². The van der Waals surface area contributed by atoms with Gasteiger partial charge in [0.15, 0.2) is 5.82 Å². The van der Waals surface area contributed by atoms with Gasteiger partial charge in [0.25, 0.3) is 5.91 Å². The molecule has 6 nitrogen and oxygen atoms in total. The van der Waals surface area contributed by atoms with Crippen LogP contribution < -0.4 is 10.6 Å². The first kappa shape index (κ1) is 15.7. The molecule has 0 spiro atoms. The van der Waals surface area contributed by atoms with Gasteiger partial charge in [-0.2, -0.15) is 5.10 Å². The summed E-state index contributed by atoms with van der Waals surface area (Å²) in [5, 5.41) is 10.3. The van der Waals surface area contributed by atoms with E-state index in [9.17, 15) is 9.59 Å². The van der Waals surface area contributed by atoms with Crippen molar-refractivity contribution >= 4 is 39.1 Å². The number of rotatable bonds is 2. The van der Waals surface area contributed by atoms with Crippen molar-refractivity contribution in [2.75, 3.05) is 10.6 Å². The van der Waals surface area contributed by atoms with Gasteiger partial charge in [-0.05, 0) is 34.5 Å². The summed E-state index contributed by atoms with van der Waals surface area (Å²) in [6, 6.07) is 5.43. The molecule has 1 amide bonds. The number of hydrogen-bond donors (Lipinski definition) is 2. The molecule has 7 heteroatoms. The van der Waals surface area contributed by atoms with Crippen molar-refractivity contribution in [3.05, 3.63) is 40.0 Å². The second kappa shape index (κ2) is 6.16. The summed E-state index contributed by atoms with van der Waals surface area (Å²) >= 11 is 3.36. The van der Waals surface area contributed by atoms with Crippen molar-refractivity contribution in [1.82, 2.24) is 9.78 Å². The van der Waals surface area contributed by atoms with E-state index in [0.29, 0.717) is 28.7 Å². The maximum Gasteiger partial charge on any atom is 0.259 e. The van der Waals surface area contributed by atoms with E-state index in [1.807, 2.05) is 13.0 Å². The Hall–Kier alpha value is -2.15. The molecular formula is C16H17BrN4O2. The zero-order valence-corrected chi connectivity index (χ0v) is 14.5. The second-order valence-electron chi connectivity index (χ2n) is 5.76. The van der Waals surface area contributed by atoms with Gasteiger partial charge < -0.3 is 10.6 Å². The van der Waals surface area contributed by atoms with Gasteiger partial charge in [-0.1, -0.05) is 12.1 Å². The van der Waals surface area contributed by atoms with Gasteiger partial charge in [-0.25, -0.2) is 0 Å². The second-order valence-corrected chi connectivity index (χ2v) is 6.61. The number of ketones is 1. The maximum atomic E-state index is 12.6. The van der Waals surface area contributed by atoms with Crippen LogP contribution in [0.25, 0.3) is 0 Å². The molecule has 0 fully saturated rings. The van der Waals surface area contributed by atoms with E-state index >= 15 is 0 Å². The SMILES string of the molecule is C[C@@H]1CC(=O)Cc2cccc(C(=O)Nc3nn(C)cc3Br)c2N1. The first-order chi connectivity index (χ1) is 10.9. The number of aryl methyl sites for hydroxylation is 1. The number of Topliss-reactive ketones (excluding diaryl/α,β-unsaturated/α-hetero) is 1. The summed E-state index contributed by atoms with van der Waals surface area (Å²) in [5.41, 5.74) is 2.10. The number of nitrogens with zero attached hydrogens (tertiary/aromatic N) is 2. The highest BCUT2D eigenvalue weighted by molar-refractivity contribution is 9.10. The molecule has 0 saturated heterocycles. The Kier molecular flexibility index (Phi) is 4.21. The first-order valence-electron chi connectivity index (χ1n) is 7.34. The van der Waals surface area contributed by atoms with Crippen molar-refractivity contribution in [2.45, 2.75) is 25.8 Å². The molecule has 0 aliphatic carbocycles. The van der Waals surface area contributed by atoms with E-state index in [0.717, 1.165) is 11.3 Å². The van der Waals surface area contributed by atoms with Crippen LogP contribution in [-0.4, -0.2) is 27.5 Å². The Bertz CT molecular complexity index is 784. The third kappa shape index (κ3) is 3.29. The normalized spacial score (nSPS) is 17.2. The molecule has 1 aromatic heterocycles. The Morgan fingerprint density at radius 2 is 2.26 bits per heavy atom. The minimum atomic E-state index is -0.254. The van der Waals surface area contributed by atoms with Crippen molar-refractivity contribution in [2.24, 2.45) is 7.05 Å². The summed E-state index contributed by atoms with van der Waals surface area (Å²) in [5.74, 6) is 0.386. The number of aromatic nitrogens is 2. The predicted octanol–water partition coefficient (Wildman–Crippen LogP) is 2.75. The Labute approximate surface area is 142 Å². The molecule has 120 valence electrons. The number of benzene rings is 1. The fourth-order valence-corrected chi connectivity index (χ4v) is 3.22. The summed E-state index contributed by atoms with van der Waals surface area (Å²) in [7, 11) is 1.78. The van der Waals surface area contributed by atoms with Crippen LogP contribution in [0.2, 0.25) is 0 Å². The molecule has 1 aliphatic rings. The van der Waals surface area contributed by atoms with Crippen LogP contribution in [0.15, 0.2) is 28.9 Å². The highest BCUT2D eigenvalue weighted by atomic mass is 79.9. The molecule has 0 radical (unpaired) electrons. The quantitative estimate of drug-likeness (QED) is 0.844. The van der Waals surface area contributed by atoms with Gasteiger partial charge in [0.1, 0.15) is 5.78 Å². The zero-order valence-electron chi connectivity index (χ0n) is 12.9. The summed E-state index contributed by atoms with van der Waals surface area (Å²) in [6.07, 6.45) is 2.57. The van der Waals surface area contributed by atoms with Crippen LogP contribution in [0.4, 0.5) is 11.5 Å². The number of anilines is 2. The highest BCUT2D eigenvalue weighted by Gasteiger charge is 2.23. The maximum absolute atomic E-state index is 12.6. The average molecular weight is 377 g/mol. The largest absolute Gasteiger partial charge is 0.381 e. The predicted molar refractivity (Wildman–Crippen MR) is 91.7 cm³/mol. The Morgan fingerprint density at radius 1 is 1.48 bits per heavy atom. The van der Waals surface area contributed by atoms with Gasteiger partial charge in [0, 0.05) is 32.1 Å². The molecule has 1 atom stereocenters. The van der Waals surface area contributed by atoms with Gasteiger partial charge in [0.2, 0.25) is 0 Å². The monoisotopic (exact) mass is 376 g/mol. The molecule has 2 N–H and O–H groups in total. The van der Waals surface area contributed by atoms with Crippen LogP contribution >= 0.6 is 15.9 Å². The molecule has 1 aliphatic heterocycles. The fraction of sp³-hybridized carbons (Fsp3) is 0.312. The molecule has 3 rings (SSSR count). The number of para-hydroxylation sites is 1. The average Bonchev–Trinajstić information content (AvgIpc) is 2.69. The summed E-state index contributed by atoms with van der Waals surface area (Å²) in [4.78, 5) is 24.6. The zero-order chi connectivity index (χ0) is 16.6. The molecule has 0 bridgehead atoms. The van der Waals surface area contributed by atoms with Crippen LogP contribution in [0.3, 0.4) is 0 Å². The molecule has 0 unspecified atom stereocenters. The number of carbonyl (C=O) groups excluding carboxylic acids is 2. The standard InChI is InChI=1S/C16H17BrN4O2/c1-9-6-11(22)7-10-4-3-5-12(14(10)18-9)16(23)19-15-13(17)8-21(2)20-15/h3-5,8-9,18H,6-7H2,1-2H3,(H,19,20,23)/t9-/m1/s1. The van der Waals surface area contributed by atoms with Crippen molar-refractivity contribution < 1.29 is 9.59 Å². The van der Waals surface area contributed by atoms with Crippen LogP contribution in [0.5, 0.6) is 0 Å². The molecule has 0 saturated carbocycles. The number of halogens is 1. The molecule has 23 heavy (non-hydrogen) atoms. The topological polar surface area (TPSA) is 76.0 Å². The molecule has 1 aromatic carbocycles. The lowest BCUT2D eigenvalue weighted by molar-refractivity contribution is -0.118. The Morgan fingerprint density at radius 3 is 2.96 bits per heavy atom. The number of hydrogen-bond acceptors (Lipinski definition) is 4. The third-order valence-corrected chi connectivity index (χ3v) is 4.30. The fourth-order valence-electron chi connectivity index (χ4n) is 2.75. The van der Waals surface area contributed by atoms with Gasteiger partial charge >= 0.3 is 0 Å².